The number of hydrogen-bond donors (Lipinski definition) is 1. The zero-order valence-corrected chi connectivity index (χ0v) is 18.5. The van der Waals surface area contributed by atoms with E-state index in [1.165, 1.54) is 0 Å². The Hall–Kier alpha value is -1.80. The van der Waals surface area contributed by atoms with Gasteiger partial charge in [0.05, 0.1) is 19.2 Å². The lowest BCUT2D eigenvalue weighted by atomic mass is 10.1. The summed E-state index contributed by atoms with van der Waals surface area (Å²) in [6.07, 6.45) is 1.70. The lowest BCUT2D eigenvalue weighted by Crippen LogP contribution is -2.43. The highest BCUT2D eigenvalue weighted by molar-refractivity contribution is 7.09. The Morgan fingerprint density at radius 2 is 2.07 bits per heavy atom. The van der Waals surface area contributed by atoms with Gasteiger partial charge in [0.15, 0.2) is 0 Å². The van der Waals surface area contributed by atoms with Crippen molar-refractivity contribution in [1.82, 2.24) is 10.2 Å². The molecule has 8 heteroatoms. The summed E-state index contributed by atoms with van der Waals surface area (Å²) in [5.74, 6) is 0. The van der Waals surface area contributed by atoms with Gasteiger partial charge >= 0.3 is 12.2 Å². The van der Waals surface area contributed by atoms with Crippen molar-refractivity contribution in [3.05, 3.63) is 22.4 Å². The molecule has 7 nitrogen and oxygen atoms in total. The highest BCUT2D eigenvalue weighted by Crippen LogP contribution is 2.13. The molecule has 28 heavy (non-hydrogen) atoms. The molecule has 1 N–H and O–H groups in total. The Bertz CT molecular complexity index is 572. The molecule has 0 saturated heterocycles. The monoisotopic (exact) mass is 414 g/mol. The van der Waals surface area contributed by atoms with Gasteiger partial charge < -0.3 is 24.4 Å². The second kappa shape index (κ2) is 12.6. The van der Waals surface area contributed by atoms with Crippen LogP contribution in [0.3, 0.4) is 0 Å². The van der Waals surface area contributed by atoms with E-state index in [-0.39, 0.29) is 12.6 Å². The SMILES string of the molecule is CCCCC(COC(=O)N(CCOC)Cc1cccs1)NC(=O)OC(C)(C)C. The van der Waals surface area contributed by atoms with Gasteiger partial charge in [-0.2, -0.15) is 0 Å². The van der Waals surface area contributed by atoms with Crippen LogP contribution in [0.4, 0.5) is 9.59 Å². The van der Waals surface area contributed by atoms with E-state index in [0.29, 0.717) is 26.1 Å². The van der Waals surface area contributed by atoms with E-state index < -0.39 is 17.8 Å². The minimum atomic E-state index is -0.576. The number of unbranched alkanes of at least 4 members (excludes halogenated alkanes) is 1. The van der Waals surface area contributed by atoms with Crippen LogP contribution >= 0.6 is 11.3 Å². The average Bonchev–Trinajstić information content (AvgIpc) is 3.12. The molecule has 160 valence electrons. The maximum absolute atomic E-state index is 12.6. The van der Waals surface area contributed by atoms with Gasteiger partial charge in [-0.3, -0.25) is 0 Å². The number of amides is 2. The summed E-state index contributed by atoms with van der Waals surface area (Å²) in [6, 6.07) is 3.64. The van der Waals surface area contributed by atoms with Gasteiger partial charge in [0.25, 0.3) is 0 Å². The van der Waals surface area contributed by atoms with Crippen molar-refractivity contribution in [2.75, 3.05) is 26.9 Å². The molecule has 0 fully saturated rings. The van der Waals surface area contributed by atoms with Crippen LogP contribution in [0, 0.1) is 0 Å². The first-order valence-electron chi connectivity index (χ1n) is 9.67. The molecule has 0 spiro atoms. The Morgan fingerprint density at radius 1 is 1.32 bits per heavy atom. The van der Waals surface area contributed by atoms with E-state index in [0.717, 1.165) is 17.7 Å². The molecule has 0 aliphatic rings. The smallest absolute Gasteiger partial charge is 0.410 e. The lowest BCUT2D eigenvalue weighted by Gasteiger charge is -2.25. The fraction of sp³-hybridized carbons (Fsp3) is 0.700. The molecule has 1 aromatic heterocycles. The van der Waals surface area contributed by atoms with Gasteiger partial charge in [0.1, 0.15) is 12.2 Å². The first-order chi connectivity index (χ1) is 13.2. The summed E-state index contributed by atoms with van der Waals surface area (Å²) in [5.41, 5.74) is -0.576. The van der Waals surface area contributed by atoms with Gasteiger partial charge in [-0.25, -0.2) is 9.59 Å². The summed E-state index contributed by atoms with van der Waals surface area (Å²) in [7, 11) is 1.60. The molecule has 1 unspecified atom stereocenters. The molecule has 1 atom stereocenters. The number of carbonyl (C=O) groups is 2. The van der Waals surface area contributed by atoms with E-state index in [1.54, 1.807) is 23.3 Å². The van der Waals surface area contributed by atoms with Crippen LogP contribution in [0.2, 0.25) is 0 Å². The van der Waals surface area contributed by atoms with Crippen LogP contribution in [0.5, 0.6) is 0 Å². The molecule has 0 radical (unpaired) electrons. The van der Waals surface area contributed by atoms with Crippen LogP contribution in [-0.2, 0) is 20.8 Å². The normalized spacial score (nSPS) is 12.3. The average molecular weight is 415 g/mol. The van der Waals surface area contributed by atoms with Gasteiger partial charge in [-0.15, -0.1) is 11.3 Å². The highest BCUT2D eigenvalue weighted by Gasteiger charge is 2.22. The van der Waals surface area contributed by atoms with Crippen molar-refractivity contribution in [2.24, 2.45) is 0 Å². The molecule has 0 aromatic carbocycles. The van der Waals surface area contributed by atoms with E-state index in [2.05, 4.69) is 12.2 Å². The van der Waals surface area contributed by atoms with Crippen molar-refractivity contribution < 1.29 is 23.8 Å². The van der Waals surface area contributed by atoms with E-state index in [1.807, 2.05) is 38.3 Å². The Balaban J connectivity index is 2.62. The fourth-order valence-corrected chi connectivity index (χ4v) is 3.13. The fourth-order valence-electron chi connectivity index (χ4n) is 2.41. The third-order valence-corrected chi connectivity index (χ3v) is 4.65. The quantitative estimate of drug-likeness (QED) is 0.580. The van der Waals surface area contributed by atoms with Gasteiger partial charge in [0.2, 0.25) is 0 Å². The van der Waals surface area contributed by atoms with Crippen LogP contribution in [0.1, 0.15) is 51.8 Å². The highest BCUT2D eigenvalue weighted by atomic mass is 32.1. The number of hydrogen-bond acceptors (Lipinski definition) is 6. The Morgan fingerprint density at radius 3 is 2.64 bits per heavy atom. The first kappa shape index (κ1) is 24.2. The van der Waals surface area contributed by atoms with E-state index >= 15 is 0 Å². The van der Waals surface area contributed by atoms with Crippen LogP contribution in [0.25, 0.3) is 0 Å². The zero-order valence-electron chi connectivity index (χ0n) is 17.7. The predicted molar refractivity (Wildman–Crippen MR) is 111 cm³/mol. The third kappa shape index (κ3) is 10.5. The number of carbonyl (C=O) groups excluding carboxylic acids is 2. The number of methoxy groups -OCH3 is 1. The van der Waals surface area contributed by atoms with Crippen LogP contribution in [-0.4, -0.2) is 55.6 Å². The third-order valence-electron chi connectivity index (χ3n) is 3.79. The van der Waals surface area contributed by atoms with Crippen molar-refractivity contribution in [2.45, 2.75) is 65.1 Å². The molecule has 0 saturated carbocycles. The minimum absolute atomic E-state index is 0.103. The molecule has 2 amide bonds. The summed E-state index contributed by atoms with van der Waals surface area (Å²) >= 11 is 1.59. The van der Waals surface area contributed by atoms with Crippen molar-refractivity contribution in [3.63, 3.8) is 0 Å². The number of nitrogens with zero attached hydrogens (tertiary/aromatic N) is 1. The second-order valence-electron chi connectivity index (χ2n) is 7.56. The minimum Gasteiger partial charge on any atom is -0.447 e. The molecule has 1 heterocycles. The number of nitrogens with one attached hydrogen (secondary N) is 1. The van der Waals surface area contributed by atoms with Crippen LogP contribution in [0.15, 0.2) is 17.5 Å². The van der Waals surface area contributed by atoms with Gasteiger partial charge in [0, 0.05) is 18.5 Å². The molecular formula is C20H34N2O5S. The maximum atomic E-state index is 12.6. The summed E-state index contributed by atoms with van der Waals surface area (Å²) in [4.78, 5) is 27.3. The lowest BCUT2D eigenvalue weighted by molar-refractivity contribution is 0.0436. The summed E-state index contributed by atoms with van der Waals surface area (Å²) in [5, 5.41) is 4.78. The predicted octanol–water partition coefficient (Wildman–Crippen LogP) is 4.42. The Kier molecular flexibility index (Phi) is 10.9. The molecular weight excluding hydrogens is 380 g/mol. The molecule has 0 aliphatic heterocycles. The zero-order chi connectivity index (χ0) is 21.0. The van der Waals surface area contributed by atoms with Gasteiger partial charge in [-0.05, 0) is 38.6 Å². The molecule has 0 aliphatic carbocycles. The topological polar surface area (TPSA) is 77.1 Å². The summed E-state index contributed by atoms with van der Waals surface area (Å²) in [6.45, 7) is 8.95. The van der Waals surface area contributed by atoms with E-state index in [4.69, 9.17) is 14.2 Å². The van der Waals surface area contributed by atoms with E-state index in [9.17, 15) is 9.59 Å². The molecule has 1 rings (SSSR count). The molecule has 1 aromatic rings. The number of thiophene rings is 1. The Labute approximate surface area is 172 Å². The van der Waals surface area contributed by atoms with Crippen molar-refractivity contribution >= 4 is 23.5 Å². The van der Waals surface area contributed by atoms with Crippen molar-refractivity contribution in [3.8, 4) is 0 Å². The largest absolute Gasteiger partial charge is 0.447 e. The first-order valence-corrected chi connectivity index (χ1v) is 10.6. The van der Waals surface area contributed by atoms with Gasteiger partial charge in [-0.1, -0.05) is 25.8 Å². The van der Waals surface area contributed by atoms with Crippen LogP contribution < -0.4 is 5.32 Å². The number of ether oxygens (including phenoxy) is 3. The standard InChI is InChI=1S/C20H34N2O5S/c1-6-7-9-16(21-18(23)27-20(2,3)4)15-26-19(24)22(11-12-25-5)14-17-10-8-13-28-17/h8,10,13,16H,6-7,9,11-12,14-15H2,1-5H3,(H,21,23). The summed E-state index contributed by atoms with van der Waals surface area (Å²) < 4.78 is 15.9. The molecule has 0 bridgehead atoms. The van der Waals surface area contributed by atoms with Crippen molar-refractivity contribution in [1.29, 1.82) is 0 Å². The number of rotatable bonds is 11. The second-order valence-corrected chi connectivity index (χ2v) is 8.59. The number of alkyl carbamates (subject to hydrolysis) is 1. The maximum Gasteiger partial charge on any atom is 0.410 e.